The number of ether oxygens (including phenoxy) is 1. The van der Waals surface area contributed by atoms with Gasteiger partial charge in [0.1, 0.15) is 19.3 Å². The highest BCUT2D eigenvalue weighted by Crippen LogP contribution is 2.34. The van der Waals surface area contributed by atoms with Gasteiger partial charge in [0.05, 0.1) is 12.3 Å². The number of aromatic nitrogens is 4. The Bertz CT molecular complexity index is 644. The van der Waals surface area contributed by atoms with E-state index in [0.717, 1.165) is 0 Å². The number of hydrogen-bond donors (Lipinski definition) is 3. The summed E-state index contributed by atoms with van der Waals surface area (Å²) < 4.78 is 29.7. The van der Waals surface area contributed by atoms with E-state index < -0.39 is 26.7 Å². The van der Waals surface area contributed by atoms with E-state index in [9.17, 15) is 8.96 Å². The van der Waals surface area contributed by atoms with E-state index in [4.69, 9.17) is 20.3 Å². The Morgan fingerprint density at radius 1 is 1.50 bits per heavy atom. The highest BCUT2D eigenvalue weighted by Gasteiger charge is 2.20. The highest BCUT2D eigenvalue weighted by molar-refractivity contribution is 7.51. The minimum atomic E-state index is -4.33. The van der Waals surface area contributed by atoms with E-state index in [1.54, 1.807) is 0 Å². The first-order valence-corrected chi connectivity index (χ1v) is 7.35. The summed E-state index contributed by atoms with van der Waals surface area (Å²) in [6.45, 7) is -0.891. The van der Waals surface area contributed by atoms with Crippen LogP contribution in [0.3, 0.4) is 0 Å². The maximum Gasteiger partial charge on any atom is 0.350 e. The van der Waals surface area contributed by atoms with Gasteiger partial charge in [-0.3, -0.25) is 4.57 Å². The molecule has 9 nitrogen and oxygen atoms in total. The third-order valence-electron chi connectivity index (χ3n) is 2.50. The van der Waals surface area contributed by atoms with Crippen LogP contribution >= 0.6 is 7.60 Å². The number of anilines is 1. The molecule has 2 aromatic rings. The molecule has 0 aliphatic heterocycles. The van der Waals surface area contributed by atoms with Crippen molar-refractivity contribution >= 4 is 19.2 Å². The van der Waals surface area contributed by atoms with Crippen molar-refractivity contribution in [1.29, 1.82) is 0 Å². The van der Waals surface area contributed by atoms with Gasteiger partial charge in [-0.2, -0.15) is 9.61 Å². The molecular formula is C9H13FN5O4P. The molecule has 0 amide bonds. The number of rotatable bonds is 6. The second-order valence-corrected chi connectivity index (χ2v) is 5.67. The van der Waals surface area contributed by atoms with Gasteiger partial charge in [0.15, 0.2) is 5.65 Å². The normalized spacial score (nSPS) is 13.8. The molecule has 0 bridgehead atoms. The van der Waals surface area contributed by atoms with Gasteiger partial charge < -0.3 is 20.3 Å². The number of halogens is 1. The number of nitrogen functional groups attached to an aromatic ring is 1. The number of nitrogens with zero attached hydrogens (tertiary/aromatic N) is 4. The SMILES string of the molecule is Nc1ncnc2c(CC(CF)OCP(=O)(O)O)cnn12. The molecule has 1 unspecified atom stereocenters. The van der Waals surface area contributed by atoms with Crippen LogP contribution in [0, 0.1) is 0 Å². The largest absolute Gasteiger partial charge is 0.368 e. The fourth-order valence-electron chi connectivity index (χ4n) is 1.63. The van der Waals surface area contributed by atoms with E-state index in [1.807, 2.05) is 0 Å². The van der Waals surface area contributed by atoms with Gasteiger partial charge in [0, 0.05) is 12.0 Å². The zero-order valence-corrected chi connectivity index (χ0v) is 11.2. The van der Waals surface area contributed by atoms with Crippen LogP contribution in [0.4, 0.5) is 10.3 Å². The van der Waals surface area contributed by atoms with Gasteiger partial charge in [0.2, 0.25) is 5.95 Å². The summed E-state index contributed by atoms with van der Waals surface area (Å²) in [5.74, 6) is 0.134. The number of nitrogens with two attached hydrogens (primary N) is 1. The summed E-state index contributed by atoms with van der Waals surface area (Å²) in [5.41, 5.74) is 6.54. The lowest BCUT2D eigenvalue weighted by Crippen LogP contribution is -2.19. The van der Waals surface area contributed by atoms with Crippen molar-refractivity contribution in [3.63, 3.8) is 0 Å². The predicted molar refractivity (Wildman–Crippen MR) is 66.7 cm³/mol. The van der Waals surface area contributed by atoms with Crippen LogP contribution in [0.5, 0.6) is 0 Å². The van der Waals surface area contributed by atoms with Crippen LogP contribution in [0.15, 0.2) is 12.5 Å². The maximum atomic E-state index is 12.8. The van der Waals surface area contributed by atoms with E-state index in [1.165, 1.54) is 17.0 Å². The quantitative estimate of drug-likeness (QED) is 0.621. The number of fused-ring (bicyclic) bond motifs is 1. The predicted octanol–water partition coefficient (Wildman–Crippen LogP) is -0.261. The third-order valence-corrected chi connectivity index (χ3v) is 2.99. The van der Waals surface area contributed by atoms with Crippen LogP contribution in [0.1, 0.15) is 5.56 Å². The molecule has 1 atom stereocenters. The van der Waals surface area contributed by atoms with Crippen LogP contribution < -0.4 is 5.73 Å². The Balaban J connectivity index is 2.14. The molecule has 4 N–H and O–H groups in total. The van der Waals surface area contributed by atoms with Crippen molar-refractivity contribution < 1.29 is 23.5 Å². The fourth-order valence-corrected chi connectivity index (χ4v) is 2.03. The number of hydrogen-bond acceptors (Lipinski definition) is 6. The van der Waals surface area contributed by atoms with Gasteiger partial charge in [-0.1, -0.05) is 0 Å². The molecule has 0 fully saturated rings. The molecule has 2 aromatic heterocycles. The van der Waals surface area contributed by atoms with Crippen molar-refractivity contribution in [3.05, 3.63) is 18.1 Å². The minimum absolute atomic E-state index is 0.0659. The molecular weight excluding hydrogens is 292 g/mol. The topological polar surface area (TPSA) is 136 Å². The zero-order valence-electron chi connectivity index (χ0n) is 10.3. The fraction of sp³-hybridized carbons (Fsp3) is 0.444. The number of alkyl halides is 1. The molecule has 0 radical (unpaired) electrons. The Hall–Kier alpha value is -1.61. The second kappa shape index (κ2) is 5.80. The summed E-state index contributed by atoms with van der Waals surface area (Å²) in [6.07, 6.45) is 0.918. The van der Waals surface area contributed by atoms with E-state index in [2.05, 4.69) is 15.1 Å². The first kappa shape index (κ1) is 14.8. The monoisotopic (exact) mass is 305 g/mol. The molecule has 2 heterocycles. The van der Waals surface area contributed by atoms with Crippen molar-refractivity contribution in [3.8, 4) is 0 Å². The van der Waals surface area contributed by atoms with Crippen LogP contribution in [0.2, 0.25) is 0 Å². The summed E-state index contributed by atoms with van der Waals surface area (Å²) in [7, 11) is -4.33. The first-order valence-electron chi connectivity index (χ1n) is 5.56. The lowest BCUT2D eigenvalue weighted by atomic mass is 10.1. The minimum Gasteiger partial charge on any atom is -0.368 e. The third kappa shape index (κ3) is 3.48. The summed E-state index contributed by atoms with van der Waals surface area (Å²) >= 11 is 0. The maximum absolute atomic E-state index is 12.8. The molecule has 0 saturated carbocycles. The molecule has 2 rings (SSSR count). The van der Waals surface area contributed by atoms with Crippen LogP contribution in [0.25, 0.3) is 5.65 Å². The first-order chi connectivity index (χ1) is 9.40. The highest BCUT2D eigenvalue weighted by atomic mass is 31.2. The van der Waals surface area contributed by atoms with E-state index >= 15 is 0 Å². The molecule has 11 heteroatoms. The van der Waals surface area contributed by atoms with Crippen LogP contribution in [-0.2, 0) is 15.7 Å². The molecule has 20 heavy (non-hydrogen) atoms. The Labute approximate surface area is 112 Å². The molecule has 0 saturated heterocycles. The molecule has 0 spiro atoms. The van der Waals surface area contributed by atoms with Crippen molar-refractivity contribution in [2.24, 2.45) is 0 Å². The van der Waals surface area contributed by atoms with Gasteiger partial charge in [0.25, 0.3) is 0 Å². The standard InChI is InChI=1S/C9H13FN5O4P/c10-2-7(19-5-20(16,17)18)1-6-3-14-15-8(6)12-4-13-9(15)11/h3-4,7H,1-2,5H2,(H2,11,12,13)(H2,16,17,18). The van der Waals surface area contributed by atoms with Crippen molar-refractivity contribution in [1.82, 2.24) is 19.6 Å². The molecule has 0 aliphatic rings. The molecule has 0 aliphatic carbocycles. The summed E-state index contributed by atoms with van der Waals surface area (Å²) in [5, 5.41) is 3.95. The molecule has 110 valence electrons. The Morgan fingerprint density at radius 2 is 2.25 bits per heavy atom. The van der Waals surface area contributed by atoms with Gasteiger partial charge in [-0.05, 0) is 0 Å². The lowest BCUT2D eigenvalue weighted by Gasteiger charge is -2.14. The van der Waals surface area contributed by atoms with E-state index in [-0.39, 0.29) is 12.4 Å². The van der Waals surface area contributed by atoms with Gasteiger partial charge >= 0.3 is 7.60 Å². The summed E-state index contributed by atoms with van der Waals surface area (Å²) in [6, 6.07) is 0. The van der Waals surface area contributed by atoms with E-state index in [0.29, 0.717) is 11.2 Å². The smallest absolute Gasteiger partial charge is 0.350 e. The zero-order chi connectivity index (χ0) is 14.8. The van der Waals surface area contributed by atoms with Gasteiger partial charge in [-0.15, -0.1) is 0 Å². The Kier molecular flexibility index (Phi) is 4.29. The lowest BCUT2D eigenvalue weighted by molar-refractivity contribution is 0.0563. The molecule has 0 aromatic carbocycles. The van der Waals surface area contributed by atoms with Crippen molar-refractivity contribution in [2.45, 2.75) is 12.5 Å². The average Bonchev–Trinajstić information content (AvgIpc) is 2.78. The average molecular weight is 305 g/mol. The van der Waals surface area contributed by atoms with Crippen LogP contribution in [-0.4, -0.2) is 48.5 Å². The second-order valence-electron chi connectivity index (χ2n) is 4.08. The summed E-state index contributed by atoms with van der Waals surface area (Å²) in [4.78, 5) is 25.1. The van der Waals surface area contributed by atoms with Gasteiger partial charge in [-0.25, -0.2) is 14.4 Å². The Morgan fingerprint density at radius 3 is 2.90 bits per heavy atom. The van der Waals surface area contributed by atoms with Crippen molar-refractivity contribution in [2.75, 3.05) is 18.8 Å².